The van der Waals surface area contributed by atoms with Gasteiger partial charge < -0.3 is 10.6 Å². The molecule has 0 bridgehead atoms. The van der Waals surface area contributed by atoms with Gasteiger partial charge in [0.2, 0.25) is 0 Å². The molecule has 1 rings (SSSR count). The Labute approximate surface area is 109 Å². The van der Waals surface area contributed by atoms with Crippen LogP contribution in [-0.2, 0) is 0 Å². The molecule has 2 N–H and O–H groups in total. The molecule has 0 aliphatic rings. The summed E-state index contributed by atoms with van der Waals surface area (Å²) in [5, 5.41) is 16.8. The van der Waals surface area contributed by atoms with Crippen molar-refractivity contribution in [3.63, 3.8) is 0 Å². The van der Waals surface area contributed by atoms with Crippen molar-refractivity contribution in [1.82, 2.24) is 5.32 Å². The number of hydrogen-bond donors (Lipinski definition) is 2. The van der Waals surface area contributed by atoms with Crippen LogP contribution >= 0.6 is 23.8 Å². The van der Waals surface area contributed by atoms with E-state index >= 15 is 0 Å². The first-order valence-corrected chi connectivity index (χ1v) is 5.43. The molecule has 0 saturated carbocycles. The van der Waals surface area contributed by atoms with Gasteiger partial charge in [-0.2, -0.15) is 0 Å². The quantitative estimate of drug-likeness (QED) is 0.381. The number of nitrogens with zero attached hydrogens (tertiary/aromatic N) is 1. The molecule has 0 atom stereocenters. The van der Waals surface area contributed by atoms with Crippen LogP contribution in [0.3, 0.4) is 0 Å². The standard InChI is InChI=1S/C10H10ClN3O2S/c1-2-5-12-10(17)13-9-4-3-7(14(15)16)6-8(9)11/h2-4,6H,1,5H2,(H2,12,13,17). The zero-order chi connectivity index (χ0) is 12.8. The molecule has 17 heavy (non-hydrogen) atoms. The first-order valence-electron chi connectivity index (χ1n) is 4.64. The Kier molecular flexibility index (Phi) is 4.86. The number of non-ortho nitro benzene ring substituents is 1. The number of thiocarbonyl (C=S) groups is 1. The topological polar surface area (TPSA) is 67.2 Å². The summed E-state index contributed by atoms with van der Waals surface area (Å²) < 4.78 is 0. The second-order valence-electron chi connectivity index (χ2n) is 3.04. The average molecular weight is 272 g/mol. The Bertz CT molecular complexity index is 465. The van der Waals surface area contributed by atoms with Crippen LogP contribution < -0.4 is 10.6 Å². The minimum atomic E-state index is -0.510. The van der Waals surface area contributed by atoms with Crippen molar-refractivity contribution in [3.05, 3.63) is 46.0 Å². The summed E-state index contributed by atoms with van der Waals surface area (Å²) >= 11 is 10.9. The van der Waals surface area contributed by atoms with Crippen LogP contribution in [0.5, 0.6) is 0 Å². The fraction of sp³-hybridized carbons (Fsp3) is 0.100. The number of anilines is 1. The van der Waals surface area contributed by atoms with E-state index in [1.165, 1.54) is 18.2 Å². The molecule has 0 aliphatic heterocycles. The number of hydrogen-bond acceptors (Lipinski definition) is 3. The molecule has 0 aromatic heterocycles. The number of nitrogens with one attached hydrogen (secondary N) is 2. The van der Waals surface area contributed by atoms with Gasteiger partial charge in [-0.05, 0) is 18.3 Å². The molecule has 0 radical (unpaired) electrons. The maximum absolute atomic E-state index is 10.5. The third-order valence-corrected chi connectivity index (χ3v) is 2.38. The summed E-state index contributed by atoms with van der Waals surface area (Å²) in [4.78, 5) is 10.00. The number of nitro benzene ring substituents is 1. The van der Waals surface area contributed by atoms with Crippen LogP contribution in [0.4, 0.5) is 11.4 Å². The zero-order valence-corrected chi connectivity index (χ0v) is 10.3. The molecule has 90 valence electrons. The second kappa shape index (κ2) is 6.17. The molecular weight excluding hydrogens is 262 g/mol. The highest BCUT2D eigenvalue weighted by Gasteiger charge is 2.09. The SMILES string of the molecule is C=CCNC(=S)Nc1ccc([N+](=O)[O-])cc1Cl. The van der Waals surface area contributed by atoms with Crippen LogP contribution in [-0.4, -0.2) is 16.6 Å². The summed E-state index contributed by atoms with van der Waals surface area (Å²) in [5.74, 6) is 0. The van der Waals surface area contributed by atoms with Crippen molar-refractivity contribution in [2.75, 3.05) is 11.9 Å². The Hall–Kier alpha value is -1.66. The lowest BCUT2D eigenvalue weighted by Gasteiger charge is -2.09. The van der Waals surface area contributed by atoms with Gasteiger partial charge in [0, 0.05) is 18.7 Å². The number of halogens is 1. The van der Waals surface area contributed by atoms with Crippen molar-refractivity contribution in [3.8, 4) is 0 Å². The number of rotatable bonds is 4. The third-order valence-electron chi connectivity index (χ3n) is 1.82. The van der Waals surface area contributed by atoms with Crippen LogP contribution in [0.2, 0.25) is 5.02 Å². The number of benzene rings is 1. The summed E-state index contributed by atoms with van der Waals surface area (Å²) in [7, 11) is 0. The Morgan fingerprint density at radius 2 is 2.35 bits per heavy atom. The van der Waals surface area contributed by atoms with Gasteiger partial charge in [0.05, 0.1) is 15.6 Å². The molecule has 0 aliphatic carbocycles. The Balaban J connectivity index is 2.75. The number of nitro groups is 1. The van der Waals surface area contributed by atoms with E-state index in [0.717, 1.165) is 0 Å². The first kappa shape index (κ1) is 13.4. The van der Waals surface area contributed by atoms with Crippen LogP contribution in [0.15, 0.2) is 30.9 Å². The largest absolute Gasteiger partial charge is 0.359 e. The normalized spacial score (nSPS) is 9.47. The van der Waals surface area contributed by atoms with Crippen molar-refractivity contribution >= 4 is 40.3 Å². The third kappa shape index (κ3) is 4.01. The molecule has 1 aromatic rings. The summed E-state index contributed by atoms with van der Waals surface area (Å²) in [6.07, 6.45) is 1.66. The van der Waals surface area contributed by atoms with E-state index in [4.69, 9.17) is 23.8 Å². The smallest absolute Gasteiger partial charge is 0.271 e. The molecule has 5 nitrogen and oxygen atoms in total. The fourth-order valence-electron chi connectivity index (χ4n) is 1.05. The average Bonchev–Trinajstić information content (AvgIpc) is 2.28. The van der Waals surface area contributed by atoms with E-state index in [2.05, 4.69) is 17.2 Å². The summed E-state index contributed by atoms with van der Waals surface area (Å²) in [6.45, 7) is 4.06. The van der Waals surface area contributed by atoms with E-state index < -0.39 is 4.92 Å². The molecule has 0 amide bonds. The van der Waals surface area contributed by atoms with Gasteiger partial charge in [0.15, 0.2) is 5.11 Å². The zero-order valence-electron chi connectivity index (χ0n) is 8.77. The second-order valence-corrected chi connectivity index (χ2v) is 3.86. The maximum Gasteiger partial charge on any atom is 0.271 e. The molecule has 0 heterocycles. The van der Waals surface area contributed by atoms with Gasteiger partial charge >= 0.3 is 0 Å². The highest BCUT2D eigenvalue weighted by atomic mass is 35.5. The van der Waals surface area contributed by atoms with E-state index in [-0.39, 0.29) is 10.7 Å². The molecule has 0 fully saturated rings. The molecule has 0 unspecified atom stereocenters. The minimum Gasteiger partial charge on any atom is -0.359 e. The van der Waals surface area contributed by atoms with E-state index in [1.54, 1.807) is 6.08 Å². The maximum atomic E-state index is 10.5. The van der Waals surface area contributed by atoms with Crippen molar-refractivity contribution in [1.29, 1.82) is 0 Å². The van der Waals surface area contributed by atoms with Crippen molar-refractivity contribution in [2.45, 2.75) is 0 Å². The first-order chi connectivity index (χ1) is 8.04. The van der Waals surface area contributed by atoms with Gasteiger partial charge in [0.25, 0.3) is 5.69 Å². The van der Waals surface area contributed by atoms with Gasteiger partial charge in [-0.25, -0.2) is 0 Å². The monoisotopic (exact) mass is 271 g/mol. The summed E-state index contributed by atoms with van der Waals surface area (Å²) in [5.41, 5.74) is 0.448. The summed E-state index contributed by atoms with van der Waals surface area (Å²) in [6, 6.07) is 4.12. The van der Waals surface area contributed by atoms with Gasteiger partial charge in [-0.1, -0.05) is 17.7 Å². The Morgan fingerprint density at radius 1 is 1.65 bits per heavy atom. The van der Waals surface area contributed by atoms with Gasteiger partial charge in [0.1, 0.15) is 0 Å². The van der Waals surface area contributed by atoms with Gasteiger partial charge in [-0.15, -0.1) is 6.58 Å². The predicted octanol–water partition coefficient (Wildman–Crippen LogP) is 2.72. The lowest BCUT2D eigenvalue weighted by atomic mass is 10.3. The van der Waals surface area contributed by atoms with Crippen molar-refractivity contribution < 1.29 is 4.92 Å². The molecular formula is C10H10ClN3O2S. The van der Waals surface area contributed by atoms with E-state index in [9.17, 15) is 10.1 Å². The molecule has 1 aromatic carbocycles. The molecule has 0 saturated heterocycles. The van der Waals surface area contributed by atoms with Crippen molar-refractivity contribution in [2.24, 2.45) is 0 Å². The Morgan fingerprint density at radius 3 is 2.88 bits per heavy atom. The van der Waals surface area contributed by atoms with Gasteiger partial charge in [-0.3, -0.25) is 10.1 Å². The molecule has 7 heteroatoms. The van der Waals surface area contributed by atoms with Crippen LogP contribution in [0, 0.1) is 10.1 Å². The molecule has 0 spiro atoms. The highest BCUT2D eigenvalue weighted by molar-refractivity contribution is 7.80. The van der Waals surface area contributed by atoms with Crippen LogP contribution in [0.1, 0.15) is 0 Å². The lowest BCUT2D eigenvalue weighted by molar-refractivity contribution is -0.384. The highest BCUT2D eigenvalue weighted by Crippen LogP contribution is 2.26. The fourth-order valence-corrected chi connectivity index (χ4v) is 1.47. The predicted molar refractivity (Wildman–Crippen MR) is 72.5 cm³/mol. The van der Waals surface area contributed by atoms with Crippen LogP contribution in [0.25, 0.3) is 0 Å². The lowest BCUT2D eigenvalue weighted by Crippen LogP contribution is -2.28. The van der Waals surface area contributed by atoms with E-state index in [0.29, 0.717) is 17.3 Å². The van der Waals surface area contributed by atoms with E-state index in [1.807, 2.05) is 0 Å². The minimum absolute atomic E-state index is 0.0643.